The number of benzene rings is 2. The number of hydrogen-bond acceptors (Lipinski definition) is 5. The van der Waals surface area contributed by atoms with E-state index in [1.807, 2.05) is 36.1 Å². The number of aromatic nitrogens is 2. The number of nitrogens with zero attached hydrogens (tertiary/aromatic N) is 4. The highest BCUT2D eigenvalue weighted by molar-refractivity contribution is 5.79. The molecule has 1 atom stereocenters. The summed E-state index contributed by atoms with van der Waals surface area (Å²) in [7, 11) is 0. The SMILES string of the molecule is Cc1cccc(CN2CC(c3noc(-c4cccc(C#N)c4)n3)CC2=O)c1. The van der Waals surface area contributed by atoms with E-state index in [0.29, 0.717) is 42.4 Å². The van der Waals surface area contributed by atoms with E-state index in [4.69, 9.17) is 9.78 Å². The maximum absolute atomic E-state index is 12.4. The van der Waals surface area contributed by atoms with E-state index in [1.54, 1.807) is 18.2 Å². The van der Waals surface area contributed by atoms with Crippen LogP contribution in [-0.4, -0.2) is 27.5 Å². The molecule has 0 spiro atoms. The van der Waals surface area contributed by atoms with Gasteiger partial charge in [-0.3, -0.25) is 4.79 Å². The average Bonchev–Trinajstić information content (AvgIpc) is 3.29. The highest BCUT2D eigenvalue weighted by atomic mass is 16.5. The number of carbonyl (C=O) groups excluding carboxylic acids is 1. The average molecular weight is 358 g/mol. The van der Waals surface area contributed by atoms with Crippen LogP contribution in [0.15, 0.2) is 53.1 Å². The summed E-state index contributed by atoms with van der Waals surface area (Å²) < 4.78 is 5.37. The van der Waals surface area contributed by atoms with Crippen molar-refractivity contribution in [2.24, 2.45) is 0 Å². The third-order valence-electron chi connectivity index (χ3n) is 4.72. The lowest BCUT2D eigenvalue weighted by Gasteiger charge is -2.16. The lowest BCUT2D eigenvalue weighted by molar-refractivity contribution is -0.128. The molecular formula is C21H18N4O2. The third kappa shape index (κ3) is 3.58. The first-order valence-corrected chi connectivity index (χ1v) is 8.80. The third-order valence-corrected chi connectivity index (χ3v) is 4.72. The fourth-order valence-corrected chi connectivity index (χ4v) is 3.37. The Morgan fingerprint density at radius 1 is 1.26 bits per heavy atom. The topological polar surface area (TPSA) is 83.0 Å². The van der Waals surface area contributed by atoms with Crippen molar-refractivity contribution in [1.82, 2.24) is 15.0 Å². The minimum Gasteiger partial charge on any atom is -0.338 e. The first kappa shape index (κ1) is 17.0. The van der Waals surface area contributed by atoms with Crippen LogP contribution in [0.1, 0.15) is 34.9 Å². The zero-order chi connectivity index (χ0) is 18.8. The van der Waals surface area contributed by atoms with Crippen molar-refractivity contribution in [2.45, 2.75) is 25.8 Å². The van der Waals surface area contributed by atoms with Gasteiger partial charge in [-0.05, 0) is 30.7 Å². The molecule has 6 nitrogen and oxygen atoms in total. The van der Waals surface area contributed by atoms with Gasteiger partial charge in [0.25, 0.3) is 5.89 Å². The van der Waals surface area contributed by atoms with Gasteiger partial charge in [0, 0.05) is 31.0 Å². The molecule has 0 saturated carbocycles. The normalized spacial score (nSPS) is 16.5. The molecule has 134 valence electrons. The van der Waals surface area contributed by atoms with E-state index in [0.717, 1.165) is 5.56 Å². The maximum atomic E-state index is 12.4. The fourth-order valence-electron chi connectivity index (χ4n) is 3.37. The van der Waals surface area contributed by atoms with Crippen molar-refractivity contribution in [3.63, 3.8) is 0 Å². The second-order valence-corrected chi connectivity index (χ2v) is 6.81. The summed E-state index contributed by atoms with van der Waals surface area (Å²) in [5, 5.41) is 13.1. The number of likely N-dealkylation sites (tertiary alicyclic amines) is 1. The Labute approximate surface area is 157 Å². The lowest BCUT2D eigenvalue weighted by Crippen LogP contribution is -2.24. The zero-order valence-electron chi connectivity index (χ0n) is 14.9. The van der Waals surface area contributed by atoms with Gasteiger partial charge in [-0.1, -0.05) is 41.1 Å². The highest BCUT2D eigenvalue weighted by Crippen LogP contribution is 2.29. The van der Waals surface area contributed by atoms with Crippen molar-refractivity contribution >= 4 is 5.91 Å². The lowest BCUT2D eigenvalue weighted by atomic mass is 10.1. The number of carbonyl (C=O) groups is 1. The molecule has 4 rings (SSSR count). The van der Waals surface area contributed by atoms with Gasteiger partial charge in [-0.25, -0.2) is 0 Å². The monoisotopic (exact) mass is 358 g/mol. The van der Waals surface area contributed by atoms with Gasteiger partial charge in [0.1, 0.15) is 0 Å². The maximum Gasteiger partial charge on any atom is 0.257 e. The Kier molecular flexibility index (Phi) is 4.43. The smallest absolute Gasteiger partial charge is 0.257 e. The van der Waals surface area contributed by atoms with Crippen LogP contribution in [-0.2, 0) is 11.3 Å². The molecule has 1 amide bonds. The highest BCUT2D eigenvalue weighted by Gasteiger charge is 2.33. The summed E-state index contributed by atoms with van der Waals surface area (Å²) in [6.07, 6.45) is 0.378. The first-order valence-electron chi connectivity index (χ1n) is 8.80. The van der Waals surface area contributed by atoms with Crippen LogP contribution in [0.2, 0.25) is 0 Å². The largest absolute Gasteiger partial charge is 0.338 e. The molecule has 1 unspecified atom stereocenters. The molecule has 1 aliphatic rings. The van der Waals surface area contributed by atoms with Gasteiger partial charge < -0.3 is 9.42 Å². The van der Waals surface area contributed by atoms with Crippen LogP contribution < -0.4 is 0 Å². The molecule has 0 bridgehead atoms. The molecule has 0 aliphatic carbocycles. The minimum absolute atomic E-state index is 0.0843. The van der Waals surface area contributed by atoms with E-state index in [9.17, 15) is 4.79 Å². The molecular weight excluding hydrogens is 340 g/mol. The van der Waals surface area contributed by atoms with Gasteiger partial charge in [0.05, 0.1) is 11.6 Å². The molecule has 27 heavy (non-hydrogen) atoms. The molecule has 1 saturated heterocycles. The molecule has 3 aromatic rings. The summed E-state index contributed by atoms with van der Waals surface area (Å²) in [6, 6.07) is 17.3. The van der Waals surface area contributed by atoms with E-state index >= 15 is 0 Å². The van der Waals surface area contributed by atoms with Crippen molar-refractivity contribution < 1.29 is 9.32 Å². The number of nitriles is 1. The van der Waals surface area contributed by atoms with Crippen LogP contribution in [0.25, 0.3) is 11.5 Å². The second-order valence-electron chi connectivity index (χ2n) is 6.81. The number of aryl methyl sites for hydroxylation is 1. The quantitative estimate of drug-likeness (QED) is 0.713. The molecule has 0 radical (unpaired) electrons. The van der Waals surface area contributed by atoms with Crippen molar-refractivity contribution in [3.05, 3.63) is 71.0 Å². The molecule has 2 heterocycles. The molecule has 0 N–H and O–H groups in total. The van der Waals surface area contributed by atoms with Crippen molar-refractivity contribution in [1.29, 1.82) is 5.26 Å². The summed E-state index contributed by atoms with van der Waals surface area (Å²) in [4.78, 5) is 18.7. The van der Waals surface area contributed by atoms with E-state index in [1.165, 1.54) is 5.56 Å². The predicted molar refractivity (Wildman–Crippen MR) is 98.4 cm³/mol. The van der Waals surface area contributed by atoms with Crippen LogP contribution in [0.3, 0.4) is 0 Å². The van der Waals surface area contributed by atoms with Crippen LogP contribution in [0.4, 0.5) is 0 Å². The first-order chi connectivity index (χ1) is 13.1. The molecule has 2 aromatic carbocycles. The van der Waals surface area contributed by atoms with E-state index < -0.39 is 0 Å². The Bertz CT molecular complexity index is 1030. The number of rotatable bonds is 4. The Morgan fingerprint density at radius 3 is 2.93 bits per heavy atom. The fraction of sp³-hybridized carbons (Fsp3) is 0.238. The van der Waals surface area contributed by atoms with Crippen LogP contribution in [0.5, 0.6) is 0 Å². The summed E-state index contributed by atoms with van der Waals surface area (Å²) in [6.45, 7) is 3.20. The number of amides is 1. The van der Waals surface area contributed by atoms with Gasteiger partial charge in [-0.15, -0.1) is 0 Å². The Hall–Kier alpha value is -3.46. The minimum atomic E-state index is -0.0843. The summed E-state index contributed by atoms with van der Waals surface area (Å²) in [5.41, 5.74) is 3.53. The van der Waals surface area contributed by atoms with E-state index in [2.05, 4.69) is 22.3 Å². The predicted octanol–water partition coefficient (Wildman–Crippen LogP) is 3.43. The Morgan fingerprint density at radius 2 is 2.11 bits per heavy atom. The molecule has 6 heteroatoms. The van der Waals surface area contributed by atoms with E-state index in [-0.39, 0.29) is 11.8 Å². The second kappa shape index (κ2) is 7.04. The molecule has 1 aliphatic heterocycles. The van der Waals surface area contributed by atoms with Gasteiger partial charge in [0.15, 0.2) is 5.82 Å². The molecule has 1 aromatic heterocycles. The molecule has 1 fully saturated rings. The number of hydrogen-bond donors (Lipinski definition) is 0. The van der Waals surface area contributed by atoms with Crippen molar-refractivity contribution in [2.75, 3.05) is 6.54 Å². The van der Waals surface area contributed by atoms with Gasteiger partial charge in [0.2, 0.25) is 5.91 Å². The van der Waals surface area contributed by atoms with Gasteiger partial charge >= 0.3 is 0 Å². The van der Waals surface area contributed by atoms with Crippen LogP contribution >= 0.6 is 0 Å². The summed E-state index contributed by atoms with van der Waals surface area (Å²) in [5.74, 6) is 0.914. The summed E-state index contributed by atoms with van der Waals surface area (Å²) >= 11 is 0. The standard InChI is InChI=1S/C21H18N4O2/c1-14-4-2-6-16(8-14)12-25-13-18(10-19(25)26)20-23-21(27-24-20)17-7-3-5-15(9-17)11-22/h2-9,18H,10,12-13H2,1H3. The zero-order valence-corrected chi connectivity index (χ0v) is 14.9. The van der Waals surface area contributed by atoms with Crippen LogP contribution in [0, 0.1) is 18.3 Å². The van der Waals surface area contributed by atoms with Gasteiger partial charge in [-0.2, -0.15) is 10.2 Å². The Balaban J connectivity index is 1.49. The van der Waals surface area contributed by atoms with Crippen molar-refractivity contribution in [3.8, 4) is 17.5 Å².